The van der Waals surface area contributed by atoms with Crippen LogP contribution in [-0.2, 0) is 14.3 Å². The van der Waals surface area contributed by atoms with Crippen LogP contribution in [0.2, 0.25) is 0 Å². The Kier molecular flexibility index (Phi) is 5.22. The Morgan fingerprint density at radius 1 is 1.19 bits per heavy atom. The first-order chi connectivity index (χ1) is 15.4. The molecular formula is C21H23FN6O4. The van der Waals surface area contributed by atoms with Gasteiger partial charge in [0.2, 0.25) is 5.91 Å². The number of esters is 1. The lowest BCUT2D eigenvalue weighted by atomic mass is 9.77. The number of tetrazole rings is 1. The Balaban J connectivity index is 1.20. The normalized spacial score (nSPS) is 21.8. The molecule has 2 fully saturated rings. The number of rotatable bonds is 5. The first-order valence-electron chi connectivity index (χ1n) is 10.6. The topological polar surface area (TPSA) is 114 Å². The minimum Gasteiger partial charge on any atom is -0.456 e. The lowest BCUT2D eigenvalue weighted by Gasteiger charge is -2.38. The van der Waals surface area contributed by atoms with E-state index in [2.05, 4.69) is 20.4 Å². The Bertz CT molecular complexity index is 1060. The third kappa shape index (κ3) is 3.67. The summed E-state index contributed by atoms with van der Waals surface area (Å²) in [6, 6.07) is 4.48. The van der Waals surface area contributed by atoms with Gasteiger partial charge in [0.25, 0.3) is 0 Å². The maximum absolute atomic E-state index is 14.6. The largest absolute Gasteiger partial charge is 0.456 e. The number of nitrogens with zero attached hydrogens (tertiary/aromatic N) is 6. The molecule has 4 heterocycles. The van der Waals surface area contributed by atoms with E-state index in [9.17, 15) is 19.1 Å². The fourth-order valence-electron chi connectivity index (χ4n) is 4.79. The van der Waals surface area contributed by atoms with Gasteiger partial charge in [-0.05, 0) is 48.8 Å². The zero-order valence-corrected chi connectivity index (χ0v) is 17.4. The molecule has 1 amide bonds. The van der Waals surface area contributed by atoms with Gasteiger partial charge in [-0.25, -0.2) is 13.9 Å². The van der Waals surface area contributed by atoms with Gasteiger partial charge in [0.1, 0.15) is 18.8 Å². The Hall–Kier alpha value is -3.18. The molecular weight excluding hydrogens is 419 g/mol. The number of halogens is 1. The van der Waals surface area contributed by atoms with E-state index in [1.165, 1.54) is 23.2 Å². The fraction of sp³-hybridized carbons (Fsp3) is 0.476. The number of hydrogen-bond acceptors (Lipinski definition) is 8. The SMILES string of the molecule is O=C1C=C(N2CCC3(CCN(CC(O)c4ccc(-n5cnnn5)cc4F)CC3)C2=O)CO1. The molecule has 1 N–H and O–H groups in total. The summed E-state index contributed by atoms with van der Waals surface area (Å²) in [6.07, 6.45) is 3.83. The fourth-order valence-corrected chi connectivity index (χ4v) is 4.79. The molecule has 5 rings (SSSR count). The summed E-state index contributed by atoms with van der Waals surface area (Å²) < 4.78 is 20.9. The average molecular weight is 442 g/mol. The van der Waals surface area contributed by atoms with Crippen LogP contribution >= 0.6 is 0 Å². The molecule has 2 saturated heterocycles. The highest BCUT2D eigenvalue weighted by molar-refractivity contribution is 5.90. The van der Waals surface area contributed by atoms with Crippen LogP contribution < -0.4 is 0 Å². The average Bonchev–Trinajstić information content (AvgIpc) is 3.52. The van der Waals surface area contributed by atoms with Crippen molar-refractivity contribution in [2.75, 3.05) is 32.8 Å². The second-order valence-electron chi connectivity index (χ2n) is 8.51. The summed E-state index contributed by atoms with van der Waals surface area (Å²) in [5.41, 5.74) is 0.877. The third-order valence-electron chi connectivity index (χ3n) is 6.71. The molecule has 3 aliphatic rings. The summed E-state index contributed by atoms with van der Waals surface area (Å²) in [6.45, 7) is 2.28. The van der Waals surface area contributed by atoms with E-state index in [4.69, 9.17) is 4.74 Å². The second-order valence-corrected chi connectivity index (χ2v) is 8.51. The molecule has 168 valence electrons. The van der Waals surface area contributed by atoms with Crippen LogP contribution in [0.4, 0.5) is 4.39 Å². The summed E-state index contributed by atoms with van der Waals surface area (Å²) in [5.74, 6) is -0.885. The van der Waals surface area contributed by atoms with Crippen LogP contribution in [0.3, 0.4) is 0 Å². The number of aliphatic hydroxyl groups is 1. The molecule has 0 aliphatic carbocycles. The summed E-state index contributed by atoms with van der Waals surface area (Å²) in [7, 11) is 0. The lowest BCUT2D eigenvalue weighted by Crippen LogP contribution is -2.45. The molecule has 3 aliphatic heterocycles. The second kappa shape index (κ2) is 8.06. The number of carbonyl (C=O) groups excluding carboxylic acids is 2. The maximum atomic E-state index is 14.6. The predicted octanol–water partition coefficient (Wildman–Crippen LogP) is 0.590. The number of likely N-dealkylation sites (tertiary alicyclic amines) is 2. The molecule has 2 aromatic rings. The minimum absolute atomic E-state index is 0.0477. The van der Waals surface area contributed by atoms with Crippen molar-refractivity contribution in [2.24, 2.45) is 5.41 Å². The van der Waals surface area contributed by atoms with Crippen molar-refractivity contribution in [3.05, 3.63) is 47.7 Å². The molecule has 1 atom stereocenters. The van der Waals surface area contributed by atoms with Crippen LogP contribution in [0.1, 0.15) is 30.9 Å². The lowest BCUT2D eigenvalue weighted by molar-refractivity contribution is -0.138. The number of piperidine rings is 1. The van der Waals surface area contributed by atoms with E-state index in [-0.39, 0.29) is 24.6 Å². The van der Waals surface area contributed by atoms with Crippen molar-refractivity contribution in [1.29, 1.82) is 0 Å². The van der Waals surface area contributed by atoms with Crippen molar-refractivity contribution in [3.8, 4) is 5.69 Å². The molecule has 1 aromatic heterocycles. The highest BCUT2D eigenvalue weighted by Gasteiger charge is 2.49. The summed E-state index contributed by atoms with van der Waals surface area (Å²) >= 11 is 0. The molecule has 1 spiro atoms. The minimum atomic E-state index is -0.991. The number of β-amino-alcohol motifs (C(OH)–C–C–N with tert-alkyl or cyclic N) is 1. The van der Waals surface area contributed by atoms with Crippen molar-refractivity contribution >= 4 is 11.9 Å². The van der Waals surface area contributed by atoms with Crippen LogP contribution in [0.15, 0.2) is 36.3 Å². The highest BCUT2D eigenvalue weighted by Crippen LogP contribution is 2.43. The zero-order chi connectivity index (χ0) is 22.3. The Morgan fingerprint density at radius 3 is 2.62 bits per heavy atom. The van der Waals surface area contributed by atoms with Gasteiger partial charge in [0.05, 0.1) is 22.9 Å². The number of benzene rings is 1. The van der Waals surface area contributed by atoms with Crippen molar-refractivity contribution in [3.63, 3.8) is 0 Å². The molecule has 0 saturated carbocycles. The van der Waals surface area contributed by atoms with E-state index in [0.29, 0.717) is 43.9 Å². The number of carbonyl (C=O) groups is 2. The van der Waals surface area contributed by atoms with Crippen LogP contribution in [0, 0.1) is 11.2 Å². The monoisotopic (exact) mass is 442 g/mol. The number of cyclic esters (lactones) is 1. The van der Waals surface area contributed by atoms with E-state index in [1.807, 2.05) is 0 Å². The van der Waals surface area contributed by atoms with E-state index < -0.39 is 23.3 Å². The van der Waals surface area contributed by atoms with E-state index in [1.54, 1.807) is 17.0 Å². The molecule has 1 unspecified atom stereocenters. The van der Waals surface area contributed by atoms with Gasteiger partial charge in [-0.3, -0.25) is 4.79 Å². The first kappa shape index (κ1) is 20.7. The van der Waals surface area contributed by atoms with Crippen LogP contribution in [-0.4, -0.2) is 79.8 Å². The Labute approximate surface area is 183 Å². The van der Waals surface area contributed by atoms with Crippen LogP contribution in [0.5, 0.6) is 0 Å². The number of aromatic nitrogens is 4. The number of hydrogen-bond donors (Lipinski definition) is 1. The van der Waals surface area contributed by atoms with Gasteiger partial charge >= 0.3 is 5.97 Å². The maximum Gasteiger partial charge on any atom is 0.333 e. The first-order valence-corrected chi connectivity index (χ1v) is 10.6. The van der Waals surface area contributed by atoms with Crippen molar-refractivity contribution in [1.82, 2.24) is 30.0 Å². The molecule has 32 heavy (non-hydrogen) atoms. The van der Waals surface area contributed by atoms with Crippen molar-refractivity contribution < 1.29 is 23.8 Å². The number of amides is 1. The quantitative estimate of drug-likeness (QED) is 0.670. The zero-order valence-electron chi connectivity index (χ0n) is 17.4. The molecule has 11 heteroatoms. The van der Waals surface area contributed by atoms with Gasteiger partial charge < -0.3 is 19.6 Å². The van der Waals surface area contributed by atoms with Gasteiger partial charge in [0.15, 0.2) is 0 Å². The van der Waals surface area contributed by atoms with E-state index >= 15 is 0 Å². The van der Waals surface area contributed by atoms with Gasteiger partial charge in [-0.15, -0.1) is 5.10 Å². The van der Waals surface area contributed by atoms with Crippen molar-refractivity contribution in [2.45, 2.75) is 25.4 Å². The Morgan fingerprint density at radius 2 is 1.97 bits per heavy atom. The smallest absolute Gasteiger partial charge is 0.333 e. The number of aliphatic hydroxyl groups excluding tert-OH is 1. The van der Waals surface area contributed by atoms with E-state index in [0.717, 1.165) is 6.42 Å². The van der Waals surface area contributed by atoms with Gasteiger partial charge in [-0.1, -0.05) is 6.07 Å². The van der Waals surface area contributed by atoms with Crippen LogP contribution in [0.25, 0.3) is 5.69 Å². The summed E-state index contributed by atoms with van der Waals surface area (Å²) in [5, 5.41) is 21.4. The van der Waals surface area contributed by atoms with Gasteiger partial charge in [-0.2, -0.15) is 0 Å². The molecule has 0 bridgehead atoms. The highest BCUT2D eigenvalue weighted by atomic mass is 19.1. The standard InChI is InChI=1S/C21H23FN6O4/c22-17-9-14(28-13-23-24-25-28)1-2-16(17)18(29)11-26-6-3-21(4-7-26)5-8-27(20(21)31)15-10-19(30)32-12-15/h1-2,9-10,13,18,29H,3-8,11-12H2. The van der Waals surface area contributed by atoms with Gasteiger partial charge in [0, 0.05) is 30.8 Å². The number of ether oxygens (including phenoxy) is 1. The predicted molar refractivity (Wildman–Crippen MR) is 108 cm³/mol. The third-order valence-corrected chi connectivity index (χ3v) is 6.71. The molecule has 0 radical (unpaired) electrons. The molecule has 10 nitrogen and oxygen atoms in total. The molecule has 1 aromatic carbocycles. The summed E-state index contributed by atoms with van der Waals surface area (Å²) in [4.78, 5) is 28.2.